The van der Waals surface area contributed by atoms with Crippen molar-refractivity contribution in [2.45, 2.75) is 77.2 Å². The van der Waals surface area contributed by atoms with Crippen molar-refractivity contribution in [1.82, 2.24) is 9.80 Å². The molecule has 2 aliphatic heterocycles. The van der Waals surface area contributed by atoms with Gasteiger partial charge in [0, 0.05) is 44.8 Å². The Morgan fingerprint density at radius 2 is 1.76 bits per heavy atom. The van der Waals surface area contributed by atoms with E-state index >= 15 is 0 Å². The van der Waals surface area contributed by atoms with E-state index in [1.807, 2.05) is 0 Å². The Bertz CT molecular complexity index is 335. The Kier molecular flexibility index (Phi) is 5.35. The molecule has 0 radical (unpaired) electrons. The average Bonchev–Trinajstić information content (AvgIpc) is 2.64. The van der Waals surface area contributed by atoms with Gasteiger partial charge in [-0.15, -0.1) is 0 Å². The highest BCUT2D eigenvalue weighted by Gasteiger charge is 2.48. The molecule has 2 aliphatic rings. The molecule has 0 aromatic carbocycles. The minimum Gasteiger partial charge on any atom is -0.368 e. The first kappa shape index (κ1) is 17.2. The van der Waals surface area contributed by atoms with Crippen LogP contribution < -0.4 is 5.73 Å². The number of rotatable bonds is 5. The van der Waals surface area contributed by atoms with Crippen LogP contribution in [0, 0.1) is 0 Å². The molecule has 124 valence electrons. The van der Waals surface area contributed by atoms with Gasteiger partial charge in [-0.3, -0.25) is 9.80 Å². The van der Waals surface area contributed by atoms with Crippen LogP contribution in [0.1, 0.15) is 53.9 Å². The molecule has 0 aromatic rings. The second kappa shape index (κ2) is 6.53. The topological polar surface area (TPSA) is 41.7 Å². The fourth-order valence-corrected chi connectivity index (χ4v) is 4.30. The Morgan fingerprint density at radius 3 is 2.19 bits per heavy atom. The molecule has 2 atom stereocenters. The molecule has 2 heterocycles. The summed E-state index contributed by atoms with van der Waals surface area (Å²) in [6.07, 6.45) is 3.58. The first-order valence-electron chi connectivity index (χ1n) is 8.67. The SMILES string of the molecule is CCCC(CN)N1CCN(C2CC(C)(C)OC2(C)C)CC1. The third-order valence-electron chi connectivity index (χ3n) is 5.23. The van der Waals surface area contributed by atoms with Gasteiger partial charge in [0.2, 0.25) is 0 Å². The van der Waals surface area contributed by atoms with Crippen molar-refractivity contribution < 1.29 is 4.74 Å². The lowest BCUT2D eigenvalue weighted by Gasteiger charge is -2.44. The van der Waals surface area contributed by atoms with E-state index in [1.54, 1.807) is 0 Å². The molecular formula is C17H35N3O. The van der Waals surface area contributed by atoms with Crippen molar-refractivity contribution in [2.24, 2.45) is 5.73 Å². The zero-order chi connectivity index (χ0) is 15.7. The summed E-state index contributed by atoms with van der Waals surface area (Å²) in [5.74, 6) is 0. The molecule has 0 aliphatic carbocycles. The molecule has 21 heavy (non-hydrogen) atoms. The standard InChI is InChI=1S/C17H35N3O/c1-6-7-14(13-18)19-8-10-20(11-9-19)15-12-16(2,3)21-17(15,4)5/h14-15H,6-13,18H2,1-5H3. The summed E-state index contributed by atoms with van der Waals surface area (Å²) in [4.78, 5) is 5.23. The van der Waals surface area contributed by atoms with Gasteiger partial charge in [0.05, 0.1) is 11.2 Å². The van der Waals surface area contributed by atoms with E-state index in [9.17, 15) is 0 Å². The average molecular weight is 297 g/mol. The molecule has 0 spiro atoms. The second-order valence-electron chi connectivity index (χ2n) is 7.94. The minimum atomic E-state index is -0.0393. The molecular weight excluding hydrogens is 262 g/mol. The van der Waals surface area contributed by atoms with Crippen LogP contribution >= 0.6 is 0 Å². The van der Waals surface area contributed by atoms with Gasteiger partial charge < -0.3 is 10.5 Å². The van der Waals surface area contributed by atoms with Gasteiger partial charge in [0.25, 0.3) is 0 Å². The van der Waals surface area contributed by atoms with Crippen molar-refractivity contribution >= 4 is 0 Å². The highest BCUT2D eigenvalue weighted by molar-refractivity contribution is 5.01. The van der Waals surface area contributed by atoms with E-state index in [2.05, 4.69) is 44.4 Å². The Balaban J connectivity index is 1.92. The van der Waals surface area contributed by atoms with Crippen LogP contribution in [0.2, 0.25) is 0 Å². The molecule has 2 rings (SSSR count). The quantitative estimate of drug-likeness (QED) is 0.843. The Hall–Kier alpha value is -0.160. The third-order valence-corrected chi connectivity index (χ3v) is 5.23. The van der Waals surface area contributed by atoms with E-state index in [0.29, 0.717) is 12.1 Å². The van der Waals surface area contributed by atoms with E-state index < -0.39 is 0 Å². The molecule has 2 N–H and O–H groups in total. The minimum absolute atomic E-state index is 0.00725. The summed E-state index contributed by atoms with van der Waals surface area (Å²) in [5, 5.41) is 0. The molecule has 2 saturated heterocycles. The maximum Gasteiger partial charge on any atom is 0.0789 e. The van der Waals surface area contributed by atoms with Crippen molar-refractivity contribution in [3.8, 4) is 0 Å². The first-order valence-corrected chi connectivity index (χ1v) is 8.67. The zero-order valence-electron chi connectivity index (χ0n) is 14.7. The number of nitrogens with zero attached hydrogens (tertiary/aromatic N) is 2. The highest BCUT2D eigenvalue weighted by Crippen LogP contribution is 2.40. The number of hydrogen-bond acceptors (Lipinski definition) is 4. The highest BCUT2D eigenvalue weighted by atomic mass is 16.5. The van der Waals surface area contributed by atoms with Gasteiger partial charge in [0.1, 0.15) is 0 Å². The van der Waals surface area contributed by atoms with Crippen LogP contribution in [0.15, 0.2) is 0 Å². The summed E-state index contributed by atoms with van der Waals surface area (Å²) < 4.78 is 6.26. The van der Waals surface area contributed by atoms with Gasteiger partial charge >= 0.3 is 0 Å². The van der Waals surface area contributed by atoms with Gasteiger partial charge in [-0.1, -0.05) is 13.3 Å². The molecule has 0 aromatic heterocycles. The van der Waals surface area contributed by atoms with Gasteiger partial charge in [-0.2, -0.15) is 0 Å². The van der Waals surface area contributed by atoms with Crippen LogP contribution in [0.4, 0.5) is 0 Å². The molecule has 2 unspecified atom stereocenters. The van der Waals surface area contributed by atoms with Crippen LogP contribution in [0.3, 0.4) is 0 Å². The number of piperazine rings is 1. The van der Waals surface area contributed by atoms with Crippen molar-refractivity contribution in [3.63, 3.8) is 0 Å². The molecule has 4 heteroatoms. The van der Waals surface area contributed by atoms with E-state index in [-0.39, 0.29) is 11.2 Å². The van der Waals surface area contributed by atoms with Gasteiger partial charge in [-0.25, -0.2) is 0 Å². The van der Waals surface area contributed by atoms with Crippen LogP contribution in [-0.4, -0.2) is 65.8 Å². The Morgan fingerprint density at radius 1 is 1.14 bits per heavy atom. The normalized spacial score (nSPS) is 31.4. The molecule has 0 bridgehead atoms. The lowest BCUT2D eigenvalue weighted by Crippen LogP contribution is -2.57. The zero-order valence-corrected chi connectivity index (χ0v) is 14.7. The number of nitrogens with two attached hydrogens (primary N) is 1. The van der Waals surface area contributed by atoms with Crippen molar-refractivity contribution in [3.05, 3.63) is 0 Å². The Labute approximate surface area is 131 Å². The first-order chi connectivity index (χ1) is 9.79. The largest absolute Gasteiger partial charge is 0.368 e. The van der Waals surface area contributed by atoms with Crippen LogP contribution in [-0.2, 0) is 4.74 Å². The maximum atomic E-state index is 6.26. The van der Waals surface area contributed by atoms with Gasteiger partial charge in [0.15, 0.2) is 0 Å². The van der Waals surface area contributed by atoms with Crippen molar-refractivity contribution in [1.29, 1.82) is 0 Å². The monoisotopic (exact) mass is 297 g/mol. The number of ether oxygens (including phenoxy) is 1. The van der Waals surface area contributed by atoms with E-state index in [1.165, 1.54) is 12.8 Å². The van der Waals surface area contributed by atoms with E-state index in [0.717, 1.165) is 39.1 Å². The summed E-state index contributed by atoms with van der Waals surface area (Å²) >= 11 is 0. The molecule has 0 saturated carbocycles. The smallest absolute Gasteiger partial charge is 0.0789 e. The summed E-state index contributed by atoms with van der Waals surface area (Å²) in [7, 11) is 0. The number of hydrogen-bond donors (Lipinski definition) is 1. The lowest BCUT2D eigenvalue weighted by molar-refractivity contribution is -0.0842. The van der Waals surface area contributed by atoms with Crippen LogP contribution in [0.25, 0.3) is 0 Å². The molecule has 2 fully saturated rings. The summed E-state index contributed by atoms with van der Waals surface area (Å²) in [6.45, 7) is 16.6. The predicted octanol–water partition coefficient (Wildman–Crippen LogP) is 2.08. The fraction of sp³-hybridized carbons (Fsp3) is 1.00. The fourth-order valence-electron chi connectivity index (χ4n) is 4.30. The lowest BCUT2D eigenvalue weighted by atomic mass is 9.92. The molecule has 0 amide bonds. The van der Waals surface area contributed by atoms with E-state index in [4.69, 9.17) is 10.5 Å². The predicted molar refractivity (Wildman–Crippen MR) is 88.5 cm³/mol. The van der Waals surface area contributed by atoms with Crippen molar-refractivity contribution in [2.75, 3.05) is 32.7 Å². The maximum absolute atomic E-state index is 6.26. The summed E-state index contributed by atoms with van der Waals surface area (Å²) in [5.41, 5.74) is 5.92. The third kappa shape index (κ3) is 3.98. The van der Waals surface area contributed by atoms with Gasteiger partial charge in [-0.05, 0) is 40.5 Å². The summed E-state index contributed by atoms with van der Waals surface area (Å²) in [6, 6.07) is 1.11. The van der Waals surface area contributed by atoms with Crippen LogP contribution in [0.5, 0.6) is 0 Å². The second-order valence-corrected chi connectivity index (χ2v) is 7.94. The molecule has 4 nitrogen and oxygen atoms in total.